The van der Waals surface area contributed by atoms with Crippen LogP contribution in [0.3, 0.4) is 0 Å². The minimum atomic E-state index is -0.640. The molecule has 0 saturated heterocycles. The van der Waals surface area contributed by atoms with Crippen LogP contribution in [-0.4, -0.2) is 16.1 Å². The van der Waals surface area contributed by atoms with E-state index in [9.17, 15) is 4.79 Å². The average molecular weight is 284 g/mol. The van der Waals surface area contributed by atoms with Crippen molar-refractivity contribution in [3.63, 3.8) is 0 Å². The Bertz CT molecular complexity index is 632. The molecule has 5 heteroatoms. The normalized spacial score (nSPS) is 18.9. The van der Waals surface area contributed by atoms with Crippen LogP contribution >= 0.6 is 0 Å². The van der Waals surface area contributed by atoms with E-state index >= 15 is 0 Å². The van der Waals surface area contributed by atoms with E-state index < -0.39 is 6.04 Å². The minimum absolute atomic E-state index is 0.0137. The molecule has 0 spiro atoms. The van der Waals surface area contributed by atoms with Gasteiger partial charge in [0.25, 0.3) is 0 Å². The van der Waals surface area contributed by atoms with Gasteiger partial charge in [0, 0.05) is 0 Å². The summed E-state index contributed by atoms with van der Waals surface area (Å²) in [6.45, 7) is 2.01. The highest BCUT2D eigenvalue weighted by Gasteiger charge is 2.26. The number of hydrogen-bond acceptors (Lipinski definition) is 3. The molecule has 2 atom stereocenters. The van der Waals surface area contributed by atoms with E-state index in [4.69, 9.17) is 5.73 Å². The Kier molecular flexibility index (Phi) is 3.75. The number of aromatic amines is 1. The maximum Gasteiger partial charge on any atom is 0.242 e. The summed E-state index contributed by atoms with van der Waals surface area (Å²) >= 11 is 0. The van der Waals surface area contributed by atoms with Crippen molar-refractivity contribution in [1.29, 1.82) is 0 Å². The van der Waals surface area contributed by atoms with Crippen molar-refractivity contribution in [3.8, 4) is 0 Å². The zero-order chi connectivity index (χ0) is 14.8. The minimum Gasteiger partial charge on any atom is -0.346 e. The lowest BCUT2D eigenvalue weighted by Gasteiger charge is -2.24. The molecule has 110 valence electrons. The molecule has 1 aromatic carbocycles. The van der Waals surface area contributed by atoms with Gasteiger partial charge in [-0.05, 0) is 37.3 Å². The molecule has 3 rings (SSSR count). The van der Waals surface area contributed by atoms with Gasteiger partial charge in [0.1, 0.15) is 6.04 Å². The summed E-state index contributed by atoms with van der Waals surface area (Å²) in [7, 11) is 0. The molecule has 1 aliphatic carbocycles. The zero-order valence-electron chi connectivity index (χ0n) is 12.1. The number of aryl methyl sites for hydroxylation is 2. The van der Waals surface area contributed by atoms with E-state index in [-0.39, 0.29) is 11.9 Å². The summed E-state index contributed by atoms with van der Waals surface area (Å²) in [4.78, 5) is 12.4. The number of aromatic nitrogens is 2. The predicted octanol–water partition coefficient (Wildman–Crippen LogP) is 1.91. The van der Waals surface area contributed by atoms with Crippen molar-refractivity contribution >= 4 is 5.91 Å². The van der Waals surface area contributed by atoms with Crippen LogP contribution in [0.4, 0.5) is 0 Å². The van der Waals surface area contributed by atoms with Crippen LogP contribution in [0, 0.1) is 6.92 Å². The number of nitrogens with zero attached hydrogens (tertiary/aromatic N) is 1. The Morgan fingerprint density at radius 3 is 2.95 bits per heavy atom. The second-order valence-electron chi connectivity index (χ2n) is 5.65. The highest BCUT2D eigenvalue weighted by Crippen LogP contribution is 2.28. The maximum atomic E-state index is 12.4. The van der Waals surface area contributed by atoms with Crippen molar-refractivity contribution in [2.75, 3.05) is 0 Å². The molecule has 0 bridgehead atoms. The fourth-order valence-electron chi connectivity index (χ4n) is 2.79. The van der Waals surface area contributed by atoms with Gasteiger partial charge in [-0.2, -0.15) is 5.10 Å². The standard InChI is InChI=1S/C16H20N4O/c1-10-5-7-11(8-6-10)14(17)16(21)19-13-4-2-3-12-9-18-20-15(12)13/h5-9,13-14H,2-4,17H2,1H3,(H,18,20)(H,19,21). The number of H-pyrrole nitrogens is 1. The summed E-state index contributed by atoms with van der Waals surface area (Å²) in [5.74, 6) is -0.147. The second-order valence-corrected chi connectivity index (χ2v) is 5.65. The molecule has 4 N–H and O–H groups in total. The first-order valence-electron chi connectivity index (χ1n) is 7.30. The first-order chi connectivity index (χ1) is 10.1. The van der Waals surface area contributed by atoms with Crippen LogP contribution in [0.5, 0.6) is 0 Å². The van der Waals surface area contributed by atoms with Crippen LogP contribution in [0.15, 0.2) is 30.5 Å². The van der Waals surface area contributed by atoms with Crippen LogP contribution in [0.1, 0.15) is 47.3 Å². The Hall–Kier alpha value is -2.14. The summed E-state index contributed by atoms with van der Waals surface area (Å²) in [5, 5.41) is 10.1. The lowest BCUT2D eigenvalue weighted by Crippen LogP contribution is -2.37. The number of nitrogens with one attached hydrogen (secondary N) is 2. The number of fused-ring (bicyclic) bond motifs is 1. The third-order valence-electron chi connectivity index (χ3n) is 4.07. The van der Waals surface area contributed by atoms with E-state index in [1.807, 2.05) is 37.4 Å². The van der Waals surface area contributed by atoms with Crippen LogP contribution in [0.25, 0.3) is 0 Å². The molecular formula is C16H20N4O. The van der Waals surface area contributed by atoms with Crippen molar-refractivity contribution in [3.05, 3.63) is 52.8 Å². The van der Waals surface area contributed by atoms with Crippen molar-refractivity contribution < 1.29 is 4.79 Å². The number of hydrogen-bond donors (Lipinski definition) is 3. The van der Waals surface area contributed by atoms with Gasteiger partial charge in [0.15, 0.2) is 0 Å². The molecular weight excluding hydrogens is 264 g/mol. The lowest BCUT2D eigenvalue weighted by atomic mass is 9.93. The highest BCUT2D eigenvalue weighted by atomic mass is 16.2. The van der Waals surface area contributed by atoms with Gasteiger partial charge in [-0.25, -0.2) is 0 Å². The van der Waals surface area contributed by atoms with Crippen molar-refractivity contribution in [1.82, 2.24) is 15.5 Å². The lowest BCUT2D eigenvalue weighted by molar-refractivity contribution is -0.123. The Morgan fingerprint density at radius 2 is 2.19 bits per heavy atom. The fraction of sp³-hybridized carbons (Fsp3) is 0.375. The molecule has 0 radical (unpaired) electrons. The largest absolute Gasteiger partial charge is 0.346 e. The molecule has 5 nitrogen and oxygen atoms in total. The Labute approximate surface area is 123 Å². The first-order valence-corrected chi connectivity index (χ1v) is 7.30. The predicted molar refractivity (Wildman–Crippen MR) is 80.5 cm³/mol. The number of nitrogens with two attached hydrogens (primary N) is 1. The van der Waals surface area contributed by atoms with Crippen LogP contribution < -0.4 is 11.1 Å². The maximum absolute atomic E-state index is 12.4. The topological polar surface area (TPSA) is 83.8 Å². The summed E-state index contributed by atoms with van der Waals surface area (Å²) in [6.07, 6.45) is 4.83. The number of carbonyl (C=O) groups excluding carboxylic acids is 1. The quantitative estimate of drug-likeness (QED) is 0.805. The van der Waals surface area contributed by atoms with Gasteiger partial charge < -0.3 is 11.1 Å². The number of amides is 1. The second kappa shape index (κ2) is 5.69. The number of carbonyl (C=O) groups is 1. The van der Waals surface area contributed by atoms with Crippen molar-refractivity contribution in [2.45, 2.75) is 38.3 Å². The van der Waals surface area contributed by atoms with Crippen molar-refractivity contribution in [2.24, 2.45) is 5.73 Å². The Balaban J connectivity index is 1.71. The molecule has 0 aliphatic heterocycles. The van der Waals surface area contributed by atoms with Gasteiger partial charge in [0.05, 0.1) is 17.9 Å². The number of rotatable bonds is 3. The molecule has 1 amide bonds. The Morgan fingerprint density at radius 1 is 1.43 bits per heavy atom. The zero-order valence-corrected chi connectivity index (χ0v) is 12.1. The molecule has 21 heavy (non-hydrogen) atoms. The molecule has 0 saturated carbocycles. The van der Waals surface area contributed by atoms with Gasteiger partial charge in [-0.3, -0.25) is 9.89 Å². The SMILES string of the molecule is Cc1ccc(C(N)C(=O)NC2CCCc3cn[nH]c32)cc1. The van der Waals surface area contributed by atoms with Gasteiger partial charge in [0.2, 0.25) is 5.91 Å². The average Bonchev–Trinajstić information content (AvgIpc) is 2.97. The summed E-state index contributed by atoms with van der Waals surface area (Å²) in [5.41, 5.74) is 10.3. The molecule has 1 aromatic heterocycles. The van der Waals surface area contributed by atoms with Gasteiger partial charge in [-0.15, -0.1) is 0 Å². The first kappa shape index (κ1) is 13.8. The van der Waals surface area contributed by atoms with Crippen LogP contribution in [0.2, 0.25) is 0 Å². The molecule has 2 aromatic rings. The monoisotopic (exact) mass is 284 g/mol. The summed E-state index contributed by atoms with van der Waals surface area (Å²) in [6, 6.07) is 7.09. The van der Waals surface area contributed by atoms with E-state index in [0.29, 0.717) is 0 Å². The molecule has 2 unspecified atom stereocenters. The van der Waals surface area contributed by atoms with E-state index in [0.717, 1.165) is 36.1 Å². The number of benzene rings is 1. The van der Waals surface area contributed by atoms with Gasteiger partial charge >= 0.3 is 0 Å². The highest BCUT2D eigenvalue weighted by molar-refractivity contribution is 5.83. The third kappa shape index (κ3) is 2.83. The van der Waals surface area contributed by atoms with E-state index in [1.165, 1.54) is 5.56 Å². The molecule has 0 fully saturated rings. The van der Waals surface area contributed by atoms with Crippen LogP contribution in [-0.2, 0) is 11.2 Å². The summed E-state index contributed by atoms with van der Waals surface area (Å²) < 4.78 is 0. The molecule has 1 aliphatic rings. The molecule has 1 heterocycles. The van der Waals surface area contributed by atoms with Gasteiger partial charge in [-0.1, -0.05) is 29.8 Å². The fourth-order valence-corrected chi connectivity index (χ4v) is 2.79. The third-order valence-corrected chi connectivity index (χ3v) is 4.07. The smallest absolute Gasteiger partial charge is 0.242 e. The van der Waals surface area contributed by atoms with E-state index in [1.54, 1.807) is 0 Å². The van der Waals surface area contributed by atoms with E-state index in [2.05, 4.69) is 15.5 Å².